The molecule has 5 heteroatoms. The molecule has 1 unspecified atom stereocenters. The van der Waals surface area contributed by atoms with Gasteiger partial charge in [0, 0.05) is 29.0 Å². The van der Waals surface area contributed by atoms with Gasteiger partial charge in [0.2, 0.25) is 0 Å². The van der Waals surface area contributed by atoms with Gasteiger partial charge >= 0.3 is 0 Å². The zero-order valence-corrected chi connectivity index (χ0v) is 10.1. The largest absolute Gasteiger partial charge is 0.322 e. The molecule has 0 bridgehead atoms. The third-order valence-electron chi connectivity index (χ3n) is 2.20. The molecule has 0 amide bonds. The van der Waals surface area contributed by atoms with Crippen LogP contribution in [0.3, 0.4) is 0 Å². The van der Waals surface area contributed by atoms with E-state index in [-0.39, 0.29) is 6.04 Å². The van der Waals surface area contributed by atoms with Crippen LogP contribution in [0.4, 0.5) is 0 Å². The molecular formula is C11H11BrN4. The Labute approximate surface area is 102 Å². The number of nitrogens with two attached hydrogens (primary N) is 1. The smallest absolute Gasteiger partial charge is 0.115 e. The van der Waals surface area contributed by atoms with Crippen LogP contribution >= 0.6 is 15.9 Å². The van der Waals surface area contributed by atoms with E-state index in [9.17, 15) is 0 Å². The molecule has 0 saturated carbocycles. The minimum Gasteiger partial charge on any atom is -0.322 e. The molecular weight excluding hydrogens is 268 g/mol. The zero-order chi connectivity index (χ0) is 11.4. The molecule has 0 saturated heterocycles. The quantitative estimate of drug-likeness (QED) is 0.931. The van der Waals surface area contributed by atoms with Gasteiger partial charge in [0.25, 0.3) is 0 Å². The summed E-state index contributed by atoms with van der Waals surface area (Å²) in [5.74, 6) is 0. The summed E-state index contributed by atoms with van der Waals surface area (Å²) in [6, 6.07) is 5.58. The maximum absolute atomic E-state index is 6.02. The molecule has 0 aliphatic heterocycles. The highest BCUT2D eigenvalue weighted by molar-refractivity contribution is 9.10. The van der Waals surface area contributed by atoms with Gasteiger partial charge in [0.1, 0.15) is 6.33 Å². The molecule has 0 fully saturated rings. The van der Waals surface area contributed by atoms with Crippen LogP contribution in [0.25, 0.3) is 0 Å². The first-order valence-electron chi connectivity index (χ1n) is 4.87. The van der Waals surface area contributed by atoms with Crippen molar-refractivity contribution in [3.8, 4) is 0 Å². The Kier molecular flexibility index (Phi) is 3.58. The van der Waals surface area contributed by atoms with Crippen LogP contribution in [0.2, 0.25) is 0 Å². The second-order valence-electron chi connectivity index (χ2n) is 3.41. The summed E-state index contributed by atoms with van der Waals surface area (Å²) in [4.78, 5) is 12.3. The Morgan fingerprint density at radius 1 is 1.25 bits per heavy atom. The minimum atomic E-state index is -0.142. The molecule has 0 aliphatic carbocycles. The van der Waals surface area contributed by atoms with Crippen LogP contribution < -0.4 is 5.73 Å². The second-order valence-corrected chi connectivity index (χ2v) is 4.33. The van der Waals surface area contributed by atoms with Crippen LogP contribution in [0, 0.1) is 0 Å². The third-order valence-corrected chi connectivity index (χ3v) is 2.67. The second kappa shape index (κ2) is 5.14. The average Bonchev–Trinajstić information content (AvgIpc) is 2.33. The van der Waals surface area contributed by atoms with Crippen molar-refractivity contribution in [1.29, 1.82) is 0 Å². The first kappa shape index (κ1) is 11.2. The number of hydrogen-bond acceptors (Lipinski definition) is 4. The molecule has 2 rings (SSSR count). The molecule has 2 aromatic heterocycles. The topological polar surface area (TPSA) is 64.7 Å². The molecule has 0 radical (unpaired) electrons. The van der Waals surface area contributed by atoms with E-state index in [1.807, 2.05) is 18.2 Å². The van der Waals surface area contributed by atoms with E-state index in [2.05, 4.69) is 30.9 Å². The predicted molar refractivity (Wildman–Crippen MR) is 64.6 cm³/mol. The first-order valence-corrected chi connectivity index (χ1v) is 5.67. The van der Waals surface area contributed by atoms with Crippen LogP contribution in [-0.2, 0) is 6.42 Å². The van der Waals surface area contributed by atoms with Gasteiger partial charge in [-0.1, -0.05) is 0 Å². The van der Waals surface area contributed by atoms with Gasteiger partial charge in [-0.25, -0.2) is 9.97 Å². The molecule has 2 N–H and O–H groups in total. The SMILES string of the molecule is NC(Cc1ccc(Br)cn1)c1ccncn1. The van der Waals surface area contributed by atoms with Crippen LogP contribution in [0.15, 0.2) is 41.4 Å². The molecule has 0 aliphatic rings. The number of rotatable bonds is 3. The van der Waals surface area contributed by atoms with E-state index in [0.29, 0.717) is 6.42 Å². The van der Waals surface area contributed by atoms with Gasteiger partial charge < -0.3 is 5.73 Å². The molecule has 2 aromatic rings. The van der Waals surface area contributed by atoms with Gasteiger partial charge in [-0.05, 0) is 34.1 Å². The van der Waals surface area contributed by atoms with Crippen molar-refractivity contribution >= 4 is 15.9 Å². The maximum Gasteiger partial charge on any atom is 0.115 e. The fourth-order valence-electron chi connectivity index (χ4n) is 1.38. The van der Waals surface area contributed by atoms with Crippen molar-refractivity contribution in [1.82, 2.24) is 15.0 Å². The fraction of sp³-hybridized carbons (Fsp3) is 0.182. The Morgan fingerprint density at radius 3 is 2.75 bits per heavy atom. The zero-order valence-electron chi connectivity index (χ0n) is 8.55. The Bertz CT molecular complexity index is 443. The summed E-state index contributed by atoms with van der Waals surface area (Å²) in [5, 5.41) is 0. The van der Waals surface area contributed by atoms with Crippen LogP contribution in [-0.4, -0.2) is 15.0 Å². The number of nitrogens with zero attached hydrogens (tertiary/aromatic N) is 3. The van der Waals surface area contributed by atoms with E-state index >= 15 is 0 Å². The standard InChI is InChI=1S/C11H11BrN4/c12-8-1-2-9(15-6-8)5-10(13)11-3-4-14-7-16-11/h1-4,6-7,10H,5,13H2. The third kappa shape index (κ3) is 2.84. The van der Waals surface area contributed by atoms with Crippen molar-refractivity contribution < 1.29 is 0 Å². The summed E-state index contributed by atoms with van der Waals surface area (Å²) in [6.45, 7) is 0. The van der Waals surface area contributed by atoms with E-state index in [1.165, 1.54) is 6.33 Å². The lowest BCUT2D eigenvalue weighted by Crippen LogP contribution is -2.15. The van der Waals surface area contributed by atoms with Crippen molar-refractivity contribution in [3.05, 3.63) is 52.8 Å². The number of aromatic nitrogens is 3. The van der Waals surface area contributed by atoms with Gasteiger partial charge in [-0.15, -0.1) is 0 Å². The number of hydrogen-bond donors (Lipinski definition) is 1. The number of pyridine rings is 1. The highest BCUT2D eigenvalue weighted by Crippen LogP contribution is 2.13. The summed E-state index contributed by atoms with van der Waals surface area (Å²) in [5.41, 5.74) is 7.81. The number of halogens is 1. The van der Waals surface area contributed by atoms with Crippen molar-refractivity contribution in [3.63, 3.8) is 0 Å². The maximum atomic E-state index is 6.02. The molecule has 0 aromatic carbocycles. The average molecular weight is 279 g/mol. The lowest BCUT2D eigenvalue weighted by Gasteiger charge is -2.09. The van der Waals surface area contributed by atoms with E-state index in [1.54, 1.807) is 12.4 Å². The van der Waals surface area contributed by atoms with E-state index < -0.39 is 0 Å². The molecule has 82 valence electrons. The van der Waals surface area contributed by atoms with Crippen molar-refractivity contribution in [2.24, 2.45) is 5.73 Å². The summed E-state index contributed by atoms with van der Waals surface area (Å²) in [6.07, 6.45) is 5.63. The first-order chi connectivity index (χ1) is 7.75. The normalized spacial score (nSPS) is 12.4. The van der Waals surface area contributed by atoms with Gasteiger partial charge in [0.05, 0.1) is 11.7 Å². The highest BCUT2D eigenvalue weighted by Gasteiger charge is 2.08. The molecule has 16 heavy (non-hydrogen) atoms. The van der Waals surface area contributed by atoms with Crippen LogP contribution in [0.5, 0.6) is 0 Å². The molecule has 0 spiro atoms. The van der Waals surface area contributed by atoms with Gasteiger partial charge in [-0.2, -0.15) is 0 Å². The van der Waals surface area contributed by atoms with Crippen molar-refractivity contribution in [2.75, 3.05) is 0 Å². The predicted octanol–water partition coefficient (Wildman–Crippen LogP) is 1.88. The van der Waals surface area contributed by atoms with Crippen molar-refractivity contribution in [2.45, 2.75) is 12.5 Å². The van der Waals surface area contributed by atoms with Gasteiger partial charge in [0.15, 0.2) is 0 Å². The summed E-state index contributed by atoms with van der Waals surface area (Å²) >= 11 is 3.34. The fourth-order valence-corrected chi connectivity index (χ4v) is 1.61. The molecule has 2 heterocycles. The molecule has 1 atom stereocenters. The highest BCUT2D eigenvalue weighted by atomic mass is 79.9. The molecule has 4 nitrogen and oxygen atoms in total. The lowest BCUT2D eigenvalue weighted by molar-refractivity contribution is 0.680. The monoisotopic (exact) mass is 278 g/mol. The van der Waals surface area contributed by atoms with E-state index in [4.69, 9.17) is 5.73 Å². The lowest BCUT2D eigenvalue weighted by atomic mass is 10.1. The Balaban J connectivity index is 2.08. The van der Waals surface area contributed by atoms with E-state index in [0.717, 1.165) is 15.9 Å². The van der Waals surface area contributed by atoms with Gasteiger partial charge in [-0.3, -0.25) is 4.98 Å². The summed E-state index contributed by atoms with van der Waals surface area (Å²) < 4.78 is 0.965. The Morgan fingerprint density at radius 2 is 2.12 bits per heavy atom. The minimum absolute atomic E-state index is 0.142. The summed E-state index contributed by atoms with van der Waals surface area (Å²) in [7, 11) is 0. The van der Waals surface area contributed by atoms with Crippen LogP contribution in [0.1, 0.15) is 17.4 Å². The Hall–Kier alpha value is -1.33.